The lowest BCUT2D eigenvalue weighted by molar-refractivity contribution is 0.188. The summed E-state index contributed by atoms with van der Waals surface area (Å²) >= 11 is 6.01. The van der Waals surface area contributed by atoms with Gasteiger partial charge in [0.1, 0.15) is 17.3 Å². The molecule has 0 aliphatic carbocycles. The van der Waals surface area contributed by atoms with Gasteiger partial charge in [0.25, 0.3) is 0 Å². The number of aliphatic hydroxyl groups excluding tert-OH is 1. The highest BCUT2D eigenvalue weighted by molar-refractivity contribution is 6.30. The maximum absolute atomic E-state index is 9.16. The van der Waals surface area contributed by atoms with Crippen LogP contribution in [0.1, 0.15) is 32.3 Å². The number of aromatic nitrogens is 2. The third-order valence-electron chi connectivity index (χ3n) is 2.25. The van der Waals surface area contributed by atoms with Gasteiger partial charge >= 0.3 is 0 Å². The van der Waals surface area contributed by atoms with E-state index in [-0.39, 0.29) is 6.10 Å². The summed E-state index contributed by atoms with van der Waals surface area (Å²) in [6, 6.07) is 0. The van der Waals surface area contributed by atoms with Gasteiger partial charge in [0.15, 0.2) is 0 Å². The smallest absolute Gasteiger partial charge is 0.137 e. The second-order valence-corrected chi connectivity index (χ2v) is 4.16. The Bertz CT molecular complexity index is 331. The molecule has 0 radical (unpaired) electrons. The van der Waals surface area contributed by atoms with Crippen molar-refractivity contribution in [3.05, 3.63) is 17.0 Å². The first kappa shape index (κ1) is 13.2. The first-order chi connectivity index (χ1) is 7.65. The molecule has 0 saturated heterocycles. The molecule has 0 spiro atoms. The highest BCUT2D eigenvalue weighted by Gasteiger charge is 2.08. The van der Waals surface area contributed by atoms with Gasteiger partial charge < -0.3 is 10.4 Å². The first-order valence-electron chi connectivity index (χ1n) is 5.56. The summed E-state index contributed by atoms with van der Waals surface area (Å²) in [6.07, 6.45) is 3.69. The van der Waals surface area contributed by atoms with Crippen LogP contribution in [0.5, 0.6) is 0 Å². The highest BCUT2D eigenvalue weighted by Crippen LogP contribution is 2.21. The SMILES string of the molecule is CCCc1c(Cl)ncnc1NCCC(C)O. The molecule has 1 aromatic heterocycles. The predicted octanol–water partition coefficient (Wildman–Crippen LogP) is 2.27. The maximum Gasteiger partial charge on any atom is 0.137 e. The molecule has 0 bridgehead atoms. The molecule has 0 aliphatic rings. The van der Waals surface area contributed by atoms with Crippen molar-refractivity contribution in [1.82, 2.24) is 9.97 Å². The molecule has 90 valence electrons. The van der Waals surface area contributed by atoms with Gasteiger partial charge in [-0.2, -0.15) is 0 Å². The molecule has 2 N–H and O–H groups in total. The minimum Gasteiger partial charge on any atom is -0.393 e. The van der Waals surface area contributed by atoms with E-state index in [0.29, 0.717) is 18.1 Å². The number of anilines is 1. The summed E-state index contributed by atoms with van der Waals surface area (Å²) in [7, 11) is 0. The van der Waals surface area contributed by atoms with Crippen LogP contribution >= 0.6 is 11.6 Å². The average molecular weight is 244 g/mol. The minimum atomic E-state index is -0.306. The fourth-order valence-electron chi connectivity index (χ4n) is 1.41. The van der Waals surface area contributed by atoms with Crippen molar-refractivity contribution in [3.63, 3.8) is 0 Å². The molecule has 0 saturated carbocycles. The quantitative estimate of drug-likeness (QED) is 0.753. The van der Waals surface area contributed by atoms with Crippen molar-refractivity contribution in [2.75, 3.05) is 11.9 Å². The van der Waals surface area contributed by atoms with Crippen molar-refractivity contribution in [2.45, 2.75) is 39.2 Å². The second kappa shape index (κ2) is 6.66. The standard InChI is InChI=1S/C11H18ClN3O/c1-3-4-9-10(12)14-7-15-11(9)13-6-5-8(2)16/h7-8,16H,3-6H2,1-2H3,(H,13,14,15). The summed E-state index contributed by atoms with van der Waals surface area (Å²) in [5, 5.41) is 12.8. The number of hydrogen-bond donors (Lipinski definition) is 2. The number of rotatable bonds is 6. The molecule has 0 aliphatic heterocycles. The topological polar surface area (TPSA) is 58.0 Å². The summed E-state index contributed by atoms with van der Waals surface area (Å²) in [6.45, 7) is 4.53. The van der Waals surface area contributed by atoms with Crippen LogP contribution in [0.15, 0.2) is 6.33 Å². The van der Waals surface area contributed by atoms with Gasteiger partial charge in [-0.3, -0.25) is 0 Å². The molecule has 5 heteroatoms. The zero-order chi connectivity index (χ0) is 12.0. The Morgan fingerprint density at radius 3 is 2.88 bits per heavy atom. The number of nitrogens with one attached hydrogen (secondary N) is 1. The van der Waals surface area contributed by atoms with Gasteiger partial charge in [0.05, 0.1) is 6.10 Å². The Morgan fingerprint density at radius 2 is 2.25 bits per heavy atom. The van der Waals surface area contributed by atoms with E-state index in [0.717, 1.165) is 24.2 Å². The first-order valence-corrected chi connectivity index (χ1v) is 5.94. The predicted molar refractivity (Wildman–Crippen MR) is 65.8 cm³/mol. The van der Waals surface area contributed by atoms with Crippen molar-refractivity contribution >= 4 is 17.4 Å². The van der Waals surface area contributed by atoms with Crippen LogP contribution in [0, 0.1) is 0 Å². The van der Waals surface area contributed by atoms with Crippen LogP contribution in [0.4, 0.5) is 5.82 Å². The minimum absolute atomic E-state index is 0.306. The van der Waals surface area contributed by atoms with Crippen molar-refractivity contribution < 1.29 is 5.11 Å². The number of aliphatic hydroxyl groups is 1. The normalized spacial score (nSPS) is 12.5. The lowest BCUT2D eigenvalue weighted by Gasteiger charge is -2.11. The lowest BCUT2D eigenvalue weighted by Crippen LogP contribution is -2.12. The Kier molecular flexibility index (Phi) is 5.49. The summed E-state index contributed by atoms with van der Waals surface area (Å²) in [4.78, 5) is 8.13. The molecular formula is C11H18ClN3O. The highest BCUT2D eigenvalue weighted by atomic mass is 35.5. The van der Waals surface area contributed by atoms with Crippen molar-refractivity contribution in [2.24, 2.45) is 0 Å². The van der Waals surface area contributed by atoms with Gasteiger partial charge in [0, 0.05) is 12.1 Å². The van der Waals surface area contributed by atoms with Crippen molar-refractivity contribution in [1.29, 1.82) is 0 Å². The summed E-state index contributed by atoms with van der Waals surface area (Å²) in [5.74, 6) is 0.780. The molecule has 1 unspecified atom stereocenters. The molecule has 1 heterocycles. The van der Waals surface area contributed by atoms with E-state index in [2.05, 4.69) is 22.2 Å². The van der Waals surface area contributed by atoms with Crippen LogP contribution in [0.3, 0.4) is 0 Å². The summed E-state index contributed by atoms with van der Waals surface area (Å²) < 4.78 is 0. The van der Waals surface area contributed by atoms with E-state index >= 15 is 0 Å². The van der Waals surface area contributed by atoms with Crippen LogP contribution in [-0.2, 0) is 6.42 Å². The van der Waals surface area contributed by atoms with Crippen molar-refractivity contribution in [3.8, 4) is 0 Å². The molecule has 1 aromatic rings. The average Bonchev–Trinajstić information content (AvgIpc) is 2.22. The Labute approximate surface area is 101 Å². The molecular weight excluding hydrogens is 226 g/mol. The lowest BCUT2D eigenvalue weighted by atomic mass is 10.2. The molecule has 0 fully saturated rings. The van der Waals surface area contributed by atoms with E-state index < -0.39 is 0 Å². The largest absolute Gasteiger partial charge is 0.393 e. The third kappa shape index (κ3) is 3.94. The number of nitrogens with zero attached hydrogens (tertiary/aromatic N) is 2. The Balaban J connectivity index is 2.66. The molecule has 0 amide bonds. The van der Waals surface area contributed by atoms with Gasteiger partial charge in [-0.05, 0) is 19.8 Å². The van der Waals surface area contributed by atoms with E-state index in [1.807, 2.05) is 0 Å². The molecule has 4 nitrogen and oxygen atoms in total. The Morgan fingerprint density at radius 1 is 1.50 bits per heavy atom. The fourth-order valence-corrected chi connectivity index (χ4v) is 1.64. The Hall–Kier alpha value is -0.870. The van der Waals surface area contributed by atoms with Gasteiger partial charge in [-0.25, -0.2) is 9.97 Å². The summed E-state index contributed by atoms with van der Waals surface area (Å²) in [5.41, 5.74) is 0.956. The monoisotopic (exact) mass is 243 g/mol. The van der Waals surface area contributed by atoms with Crippen LogP contribution in [0.25, 0.3) is 0 Å². The van der Waals surface area contributed by atoms with E-state index in [4.69, 9.17) is 16.7 Å². The number of hydrogen-bond acceptors (Lipinski definition) is 4. The van der Waals surface area contributed by atoms with Crippen LogP contribution < -0.4 is 5.32 Å². The zero-order valence-electron chi connectivity index (χ0n) is 9.70. The van der Waals surface area contributed by atoms with Gasteiger partial charge in [-0.15, -0.1) is 0 Å². The van der Waals surface area contributed by atoms with E-state index in [9.17, 15) is 0 Å². The van der Waals surface area contributed by atoms with Gasteiger partial charge in [0.2, 0.25) is 0 Å². The zero-order valence-corrected chi connectivity index (χ0v) is 10.5. The number of halogens is 1. The van der Waals surface area contributed by atoms with E-state index in [1.54, 1.807) is 6.92 Å². The van der Waals surface area contributed by atoms with Gasteiger partial charge in [-0.1, -0.05) is 24.9 Å². The van der Waals surface area contributed by atoms with Crippen LogP contribution in [-0.4, -0.2) is 27.7 Å². The maximum atomic E-state index is 9.16. The van der Waals surface area contributed by atoms with E-state index in [1.165, 1.54) is 6.33 Å². The molecule has 16 heavy (non-hydrogen) atoms. The second-order valence-electron chi connectivity index (χ2n) is 3.81. The molecule has 1 atom stereocenters. The molecule has 1 rings (SSSR count). The molecule has 0 aromatic carbocycles. The van der Waals surface area contributed by atoms with Crippen LogP contribution in [0.2, 0.25) is 5.15 Å². The fraction of sp³-hybridized carbons (Fsp3) is 0.636. The third-order valence-corrected chi connectivity index (χ3v) is 2.57.